The van der Waals surface area contributed by atoms with Gasteiger partial charge in [0, 0.05) is 11.6 Å². The highest BCUT2D eigenvalue weighted by molar-refractivity contribution is 6.29. The maximum atomic E-state index is 13.4. The van der Waals surface area contributed by atoms with Gasteiger partial charge < -0.3 is 0 Å². The predicted octanol–water partition coefficient (Wildman–Crippen LogP) is 3.20. The number of nitrogens with zero attached hydrogens (tertiary/aromatic N) is 4. The first-order chi connectivity index (χ1) is 9.06. The van der Waals surface area contributed by atoms with E-state index in [4.69, 9.17) is 11.6 Å². The number of aromatic nitrogens is 4. The fourth-order valence-electron chi connectivity index (χ4n) is 2.06. The molecule has 19 heavy (non-hydrogen) atoms. The van der Waals surface area contributed by atoms with E-state index in [-0.39, 0.29) is 5.82 Å². The lowest BCUT2D eigenvalue weighted by atomic mass is 10.1. The fraction of sp³-hybridized carbons (Fsp3) is 0.154. The van der Waals surface area contributed by atoms with Crippen molar-refractivity contribution >= 4 is 17.2 Å². The minimum atomic E-state index is -0.308. The van der Waals surface area contributed by atoms with Crippen molar-refractivity contribution in [2.24, 2.45) is 0 Å². The Bertz CT molecular complexity index is 782. The molecule has 0 atom stereocenters. The second-order valence-electron chi connectivity index (χ2n) is 4.30. The molecule has 0 unspecified atom stereocenters. The van der Waals surface area contributed by atoms with E-state index in [0.29, 0.717) is 28.0 Å². The third-order valence-electron chi connectivity index (χ3n) is 2.97. The van der Waals surface area contributed by atoms with Crippen LogP contribution in [0, 0.1) is 19.7 Å². The molecule has 4 nitrogen and oxygen atoms in total. The summed E-state index contributed by atoms with van der Waals surface area (Å²) in [5.74, 6) is 0.914. The first kappa shape index (κ1) is 12.0. The van der Waals surface area contributed by atoms with Gasteiger partial charge in [0.15, 0.2) is 11.5 Å². The van der Waals surface area contributed by atoms with Crippen molar-refractivity contribution in [2.45, 2.75) is 13.8 Å². The topological polar surface area (TPSA) is 43.1 Å². The van der Waals surface area contributed by atoms with E-state index in [1.54, 1.807) is 23.5 Å². The van der Waals surface area contributed by atoms with E-state index in [1.807, 2.05) is 6.92 Å². The fourth-order valence-corrected chi connectivity index (χ4v) is 2.28. The predicted molar refractivity (Wildman–Crippen MR) is 70.7 cm³/mol. The quantitative estimate of drug-likeness (QED) is 0.641. The molecule has 0 amide bonds. The molecular formula is C13H10ClFN4. The van der Waals surface area contributed by atoms with Crippen LogP contribution in [0.25, 0.3) is 17.0 Å². The maximum absolute atomic E-state index is 13.4. The summed E-state index contributed by atoms with van der Waals surface area (Å²) in [6.07, 6.45) is 0. The molecule has 0 saturated carbocycles. The van der Waals surface area contributed by atoms with Crippen LogP contribution in [0.15, 0.2) is 24.3 Å². The molecule has 0 aliphatic heterocycles. The van der Waals surface area contributed by atoms with Crippen molar-refractivity contribution in [1.82, 2.24) is 19.6 Å². The van der Waals surface area contributed by atoms with E-state index in [2.05, 4.69) is 15.2 Å². The standard InChI is InChI=1S/C13H10ClFN4/c1-7-3-4-9(15)5-10(7)13-18-17-12-6-11(14)16-8(2)19(12)13/h3-6H,1-2H3. The van der Waals surface area contributed by atoms with Gasteiger partial charge in [0.05, 0.1) is 0 Å². The molecule has 2 aromatic heterocycles. The minimum absolute atomic E-state index is 0.308. The summed E-state index contributed by atoms with van der Waals surface area (Å²) < 4.78 is 15.2. The zero-order valence-electron chi connectivity index (χ0n) is 10.4. The monoisotopic (exact) mass is 276 g/mol. The highest BCUT2D eigenvalue weighted by Gasteiger charge is 2.14. The van der Waals surface area contributed by atoms with E-state index in [0.717, 1.165) is 5.56 Å². The maximum Gasteiger partial charge on any atom is 0.170 e. The molecule has 0 saturated heterocycles. The third kappa shape index (κ3) is 1.96. The molecule has 1 aromatic carbocycles. The van der Waals surface area contributed by atoms with Crippen molar-refractivity contribution in [3.63, 3.8) is 0 Å². The number of rotatable bonds is 1. The van der Waals surface area contributed by atoms with Gasteiger partial charge in [0.1, 0.15) is 16.8 Å². The van der Waals surface area contributed by atoms with Gasteiger partial charge in [-0.1, -0.05) is 17.7 Å². The first-order valence-electron chi connectivity index (χ1n) is 5.71. The summed E-state index contributed by atoms with van der Waals surface area (Å²) in [5, 5.41) is 8.53. The zero-order chi connectivity index (χ0) is 13.6. The van der Waals surface area contributed by atoms with Crippen molar-refractivity contribution in [1.29, 1.82) is 0 Å². The molecule has 0 bridgehead atoms. The van der Waals surface area contributed by atoms with Crippen LogP contribution >= 0.6 is 11.6 Å². The molecule has 0 radical (unpaired) electrons. The van der Waals surface area contributed by atoms with Gasteiger partial charge in [-0.25, -0.2) is 9.37 Å². The van der Waals surface area contributed by atoms with Crippen molar-refractivity contribution in [3.8, 4) is 11.4 Å². The summed E-state index contributed by atoms with van der Waals surface area (Å²) in [4.78, 5) is 4.17. The molecule has 0 aliphatic carbocycles. The van der Waals surface area contributed by atoms with Crippen LogP contribution in [0.5, 0.6) is 0 Å². The minimum Gasteiger partial charge on any atom is -0.263 e. The van der Waals surface area contributed by atoms with Gasteiger partial charge in [0.2, 0.25) is 0 Å². The van der Waals surface area contributed by atoms with Crippen LogP contribution in [-0.2, 0) is 0 Å². The molecule has 0 spiro atoms. The van der Waals surface area contributed by atoms with Crippen molar-refractivity contribution in [2.75, 3.05) is 0 Å². The van der Waals surface area contributed by atoms with Crippen LogP contribution in [0.1, 0.15) is 11.4 Å². The van der Waals surface area contributed by atoms with Gasteiger partial charge in [-0.2, -0.15) is 0 Å². The molecule has 3 rings (SSSR count). The largest absolute Gasteiger partial charge is 0.263 e. The lowest BCUT2D eigenvalue weighted by Crippen LogP contribution is -1.99. The second kappa shape index (κ2) is 4.28. The van der Waals surface area contributed by atoms with Crippen LogP contribution in [0.4, 0.5) is 4.39 Å². The van der Waals surface area contributed by atoms with Gasteiger partial charge in [-0.05, 0) is 31.5 Å². The molecule has 2 heterocycles. The Balaban J connectivity index is 2.34. The molecule has 0 fully saturated rings. The van der Waals surface area contributed by atoms with Gasteiger partial charge in [-0.3, -0.25) is 4.40 Å². The summed E-state index contributed by atoms with van der Waals surface area (Å²) in [5.41, 5.74) is 2.21. The Morgan fingerprint density at radius 1 is 1.16 bits per heavy atom. The van der Waals surface area contributed by atoms with E-state index in [1.165, 1.54) is 12.1 Å². The smallest absolute Gasteiger partial charge is 0.170 e. The Labute approximate surface area is 113 Å². The third-order valence-corrected chi connectivity index (χ3v) is 3.16. The average molecular weight is 277 g/mol. The Kier molecular flexibility index (Phi) is 2.71. The number of hydrogen-bond donors (Lipinski definition) is 0. The van der Waals surface area contributed by atoms with Gasteiger partial charge in [0.25, 0.3) is 0 Å². The molecule has 0 aliphatic rings. The van der Waals surface area contributed by atoms with Crippen LogP contribution in [-0.4, -0.2) is 19.6 Å². The number of aryl methyl sites for hydroxylation is 2. The summed E-state index contributed by atoms with van der Waals surface area (Å²) in [6.45, 7) is 3.70. The zero-order valence-corrected chi connectivity index (χ0v) is 11.1. The van der Waals surface area contributed by atoms with E-state index >= 15 is 0 Å². The number of benzene rings is 1. The summed E-state index contributed by atoms with van der Waals surface area (Å²) >= 11 is 5.88. The lowest BCUT2D eigenvalue weighted by molar-refractivity contribution is 0.627. The average Bonchev–Trinajstić information content (AvgIpc) is 2.76. The molecular weight excluding hydrogens is 267 g/mol. The molecule has 3 aromatic rings. The van der Waals surface area contributed by atoms with Crippen LogP contribution < -0.4 is 0 Å². The van der Waals surface area contributed by atoms with Gasteiger partial charge in [-0.15, -0.1) is 10.2 Å². The van der Waals surface area contributed by atoms with Crippen molar-refractivity contribution < 1.29 is 4.39 Å². The second-order valence-corrected chi connectivity index (χ2v) is 4.69. The Morgan fingerprint density at radius 2 is 1.95 bits per heavy atom. The number of hydrogen-bond acceptors (Lipinski definition) is 3. The Morgan fingerprint density at radius 3 is 2.74 bits per heavy atom. The van der Waals surface area contributed by atoms with Crippen LogP contribution in [0.2, 0.25) is 5.15 Å². The van der Waals surface area contributed by atoms with Crippen molar-refractivity contribution in [3.05, 3.63) is 46.6 Å². The summed E-state index contributed by atoms with van der Waals surface area (Å²) in [6, 6.07) is 6.20. The normalized spacial score (nSPS) is 11.2. The Hall–Kier alpha value is -2.01. The lowest BCUT2D eigenvalue weighted by Gasteiger charge is -2.06. The van der Waals surface area contributed by atoms with E-state index in [9.17, 15) is 4.39 Å². The highest BCUT2D eigenvalue weighted by Crippen LogP contribution is 2.24. The molecule has 6 heteroatoms. The first-order valence-corrected chi connectivity index (χ1v) is 6.09. The molecule has 0 N–H and O–H groups in total. The van der Waals surface area contributed by atoms with E-state index < -0.39 is 0 Å². The van der Waals surface area contributed by atoms with Gasteiger partial charge >= 0.3 is 0 Å². The SMILES string of the molecule is Cc1ccc(F)cc1-c1nnc2cc(Cl)nc(C)n12. The summed E-state index contributed by atoms with van der Waals surface area (Å²) in [7, 11) is 0. The number of halogens is 2. The highest BCUT2D eigenvalue weighted by atomic mass is 35.5. The number of fused-ring (bicyclic) bond motifs is 1. The molecule has 96 valence electrons. The van der Waals surface area contributed by atoms with Crippen LogP contribution in [0.3, 0.4) is 0 Å².